The zero-order valence-electron chi connectivity index (χ0n) is 5.88. The van der Waals surface area contributed by atoms with Crippen molar-refractivity contribution in [2.24, 2.45) is 7.05 Å². The van der Waals surface area contributed by atoms with E-state index in [1.807, 2.05) is 24.7 Å². The number of aryl methyl sites for hydroxylation is 2. The Morgan fingerprint density at radius 1 is 1.70 bits per heavy atom. The van der Waals surface area contributed by atoms with Gasteiger partial charge in [0.2, 0.25) is 0 Å². The van der Waals surface area contributed by atoms with Crippen molar-refractivity contribution >= 4 is 21.6 Å². The first kappa shape index (κ1) is 5.92. The predicted molar refractivity (Wildman–Crippen MR) is 42.2 cm³/mol. The standard InChI is InChI=1S/C7H7N2S/c1-5-6-3-4-10-7(6)9(2)8-5/h3H,1-2H3. The molecule has 2 aromatic rings. The van der Waals surface area contributed by atoms with Gasteiger partial charge in [-0.15, -0.1) is 11.3 Å². The normalized spacial score (nSPS) is 11.0. The van der Waals surface area contributed by atoms with Crippen LogP contribution < -0.4 is 0 Å². The van der Waals surface area contributed by atoms with Gasteiger partial charge >= 0.3 is 0 Å². The first-order chi connectivity index (χ1) is 4.79. The van der Waals surface area contributed by atoms with Gasteiger partial charge in [-0.25, -0.2) is 0 Å². The van der Waals surface area contributed by atoms with Crippen molar-refractivity contribution in [2.75, 3.05) is 0 Å². The van der Waals surface area contributed by atoms with E-state index >= 15 is 0 Å². The summed E-state index contributed by atoms with van der Waals surface area (Å²) in [5, 5.41) is 8.57. The summed E-state index contributed by atoms with van der Waals surface area (Å²) >= 11 is 1.61. The first-order valence-corrected chi connectivity index (χ1v) is 3.90. The summed E-state index contributed by atoms with van der Waals surface area (Å²) in [5.74, 6) is 0. The molecule has 51 valence electrons. The van der Waals surface area contributed by atoms with Gasteiger partial charge in [0, 0.05) is 17.8 Å². The van der Waals surface area contributed by atoms with Crippen molar-refractivity contribution in [2.45, 2.75) is 6.92 Å². The third kappa shape index (κ3) is 0.609. The van der Waals surface area contributed by atoms with Crippen molar-refractivity contribution in [1.82, 2.24) is 9.78 Å². The lowest BCUT2D eigenvalue weighted by Gasteiger charge is -1.83. The summed E-state index contributed by atoms with van der Waals surface area (Å²) in [4.78, 5) is 1.21. The monoisotopic (exact) mass is 151 g/mol. The SMILES string of the molecule is Cc1nn(C)c2s[c]cc12. The van der Waals surface area contributed by atoms with Crippen LogP contribution >= 0.6 is 11.3 Å². The van der Waals surface area contributed by atoms with Crippen LogP contribution in [0.2, 0.25) is 0 Å². The minimum absolute atomic E-state index is 1.09. The molecule has 0 atom stereocenters. The summed E-state index contributed by atoms with van der Waals surface area (Å²) in [7, 11) is 1.96. The van der Waals surface area contributed by atoms with Crippen molar-refractivity contribution < 1.29 is 0 Å². The van der Waals surface area contributed by atoms with Crippen LogP contribution in [-0.4, -0.2) is 9.78 Å². The van der Waals surface area contributed by atoms with E-state index < -0.39 is 0 Å². The second kappa shape index (κ2) is 1.83. The van der Waals surface area contributed by atoms with Gasteiger partial charge in [0.05, 0.1) is 5.69 Å². The molecule has 2 heterocycles. The van der Waals surface area contributed by atoms with Crippen LogP contribution in [0.15, 0.2) is 6.07 Å². The largest absolute Gasteiger partial charge is 0.258 e. The van der Waals surface area contributed by atoms with Crippen LogP contribution in [0.5, 0.6) is 0 Å². The Balaban J connectivity index is 2.98. The molecule has 0 saturated heterocycles. The van der Waals surface area contributed by atoms with Gasteiger partial charge in [-0.1, -0.05) is 0 Å². The van der Waals surface area contributed by atoms with Crippen LogP contribution in [0.1, 0.15) is 5.69 Å². The fourth-order valence-corrected chi connectivity index (χ4v) is 1.86. The highest BCUT2D eigenvalue weighted by Crippen LogP contribution is 2.21. The van der Waals surface area contributed by atoms with Gasteiger partial charge in [0.25, 0.3) is 0 Å². The maximum absolute atomic E-state index is 4.26. The average molecular weight is 151 g/mol. The smallest absolute Gasteiger partial charge is 0.121 e. The molecule has 0 N–H and O–H groups in total. The molecule has 0 aliphatic heterocycles. The number of rotatable bonds is 0. The molecule has 0 aliphatic carbocycles. The number of aromatic nitrogens is 2. The Hall–Kier alpha value is -0.830. The summed E-state index contributed by atoms with van der Waals surface area (Å²) in [6.07, 6.45) is 0. The Morgan fingerprint density at radius 3 is 3.20 bits per heavy atom. The van der Waals surface area contributed by atoms with E-state index in [1.54, 1.807) is 11.3 Å². The van der Waals surface area contributed by atoms with E-state index in [1.165, 1.54) is 10.2 Å². The van der Waals surface area contributed by atoms with E-state index in [4.69, 9.17) is 0 Å². The van der Waals surface area contributed by atoms with Crippen molar-refractivity contribution in [3.63, 3.8) is 0 Å². The summed E-state index contributed by atoms with van der Waals surface area (Å²) in [6.45, 7) is 2.02. The van der Waals surface area contributed by atoms with E-state index in [-0.39, 0.29) is 0 Å². The molecule has 2 nitrogen and oxygen atoms in total. The summed E-state index contributed by atoms with van der Waals surface area (Å²) in [5.41, 5.74) is 1.09. The van der Waals surface area contributed by atoms with E-state index in [0.29, 0.717) is 0 Å². The molecule has 2 rings (SSSR count). The second-order valence-electron chi connectivity index (χ2n) is 2.29. The number of hydrogen-bond acceptors (Lipinski definition) is 2. The van der Waals surface area contributed by atoms with Crippen molar-refractivity contribution in [3.8, 4) is 0 Å². The van der Waals surface area contributed by atoms with Crippen LogP contribution in [0.3, 0.4) is 0 Å². The molecule has 0 bridgehead atoms. The Labute approximate surface area is 63.1 Å². The van der Waals surface area contributed by atoms with E-state index in [0.717, 1.165) is 5.69 Å². The summed E-state index contributed by atoms with van der Waals surface area (Å²) < 4.78 is 1.89. The third-order valence-corrected chi connectivity index (χ3v) is 2.49. The average Bonchev–Trinajstić information content (AvgIpc) is 2.39. The molecule has 2 aromatic heterocycles. The van der Waals surface area contributed by atoms with Gasteiger partial charge in [-0.2, -0.15) is 5.10 Å². The molecule has 0 unspecified atom stereocenters. The number of fused-ring (bicyclic) bond motifs is 1. The summed E-state index contributed by atoms with van der Waals surface area (Å²) in [6, 6.07) is 1.99. The molecule has 0 aromatic carbocycles. The predicted octanol–water partition coefficient (Wildman–Crippen LogP) is 1.74. The fourth-order valence-electron chi connectivity index (χ4n) is 1.08. The Kier molecular flexibility index (Phi) is 1.08. The van der Waals surface area contributed by atoms with Gasteiger partial charge in [-0.3, -0.25) is 4.68 Å². The van der Waals surface area contributed by atoms with Crippen molar-refractivity contribution in [3.05, 3.63) is 17.1 Å². The Bertz CT molecular complexity index is 327. The molecule has 0 fully saturated rings. The highest BCUT2D eigenvalue weighted by Gasteiger charge is 2.03. The second-order valence-corrected chi connectivity index (χ2v) is 3.12. The fraction of sp³-hybridized carbons (Fsp3) is 0.286. The molecule has 1 radical (unpaired) electrons. The lowest BCUT2D eigenvalue weighted by atomic mass is 10.3. The van der Waals surface area contributed by atoms with Gasteiger partial charge in [0.15, 0.2) is 0 Å². The van der Waals surface area contributed by atoms with Gasteiger partial charge < -0.3 is 0 Å². The van der Waals surface area contributed by atoms with Crippen LogP contribution in [0.4, 0.5) is 0 Å². The highest BCUT2D eigenvalue weighted by molar-refractivity contribution is 7.16. The lowest BCUT2D eigenvalue weighted by molar-refractivity contribution is 0.788. The van der Waals surface area contributed by atoms with Crippen LogP contribution in [0.25, 0.3) is 10.2 Å². The molecule has 0 saturated carbocycles. The molecular formula is C7H7N2S. The topological polar surface area (TPSA) is 17.8 Å². The Morgan fingerprint density at radius 2 is 2.50 bits per heavy atom. The lowest BCUT2D eigenvalue weighted by Crippen LogP contribution is -1.87. The van der Waals surface area contributed by atoms with Gasteiger partial charge in [0.1, 0.15) is 4.83 Å². The molecule has 3 heteroatoms. The quantitative estimate of drug-likeness (QED) is 0.561. The molecule has 0 aliphatic rings. The minimum Gasteiger partial charge on any atom is -0.258 e. The van der Waals surface area contributed by atoms with E-state index in [2.05, 4.69) is 10.5 Å². The van der Waals surface area contributed by atoms with E-state index in [9.17, 15) is 0 Å². The first-order valence-electron chi connectivity index (χ1n) is 3.08. The molecule has 10 heavy (non-hydrogen) atoms. The minimum atomic E-state index is 1.09. The molecular weight excluding hydrogens is 144 g/mol. The van der Waals surface area contributed by atoms with Crippen LogP contribution in [-0.2, 0) is 7.05 Å². The molecule has 0 spiro atoms. The van der Waals surface area contributed by atoms with Crippen molar-refractivity contribution in [1.29, 1.82) is 0 Å². The third-order valence-electron chi connectivity index (χ3n) is 1.57. The highest BCUT2D eigenvalue weighted by atomic mass is 32.1. The number of hydrogen-bond donors (Lipinski definition) is 0. The number of nitrogens with zero attached hydrogens (tertiary/aromatic N) is 2. The zero-order chi connectivity index (χ0) is 7.14. The molecule has 0 amide bonds. The maximum Gasteiger partial charge on any atom is 0.121 e. The maximum atomic E-state index is 4.26. The zero-order valence-corrected chi connectivity index (χ0v) is 6.70. The van der Waals surface area contributed by atoms with Gasteiger partial charge in [-0.05, 0) is 13.0 Å². The van der Waals surface area contributed by atoms with Crippen LogP contribution in [0, 0.1) is 12.3 Å². The number of thiophene rings is 1.